The molecule has 0 spiro atoms. The summed E-state index contributed by atoms with van der Waals surface area (Å²) in [6.45, 7) is 3.70. The van der Waals surface area contributed by atoms with Gasteiger partial charge in [0.05, 0.1) is 12.1 Å². The predicted molar refractivity (Wildman–Crippen MR) is 57.5 cm³/mol. The van der Waals surface area contributed by atoms with Gasteiger partial charge >= 0.3 is 0 Å². The Bertz CT molecular complexity index is 279. The maximum Gasteiger partial charge on any atom is 0.0704 e. The van der Waals surface area contributed by atoms with Gasteiger partial charge in [-0.15, -0.1) is 0 Å². The summed E-state index contributed by atoms with van der Waals surface area (Å²) in [5, 5.41) is 9.32. The minimum Gasteiger partial charge on any atom is -0.391 e. The molecule has 3 N–H and O–H groups in total. The zero-order valence-electron chi connectivity index (χ0n) is 7.79. The van der Waals surface area contributed by atoms with E-state index in [9.17, 15) is 5.11 Å². The van der Waals surface area contributed by atoms with Gasteiger partial charge in [-0.05, 0) is 37.1 Å². The first-order chi connectivity index (χ1) is 6.00. The van der Waals surface area contributed by atoms with Crippen LogP contribution in [0.15, 0.2) is 22.7 Å². The molecule has 13 heavy (non-hydrogen) atoms. The topological polar surface area (TPSA) is 46.2 Å². The maximum absolute atomic E-state index is 9.32. The summed E-state index contributed by atoms with van der Waals surface area (Å²) in [4.78, 5) is 0. The van der Waals surface area contributed by atoms with Crippen LogP contribution in [0.1, 0.15) is 24.1 Å². The molecule has 0 aliphatic heterocycles. The molecule has 0 aliphatic rings. The zero-order valence-corrected chi connectivity index (χ0v) is 9.38. The van der Waals surface area contributed by atoms with Crippen molar-refractivity contribution in [3.63, 3.8) is 0 Å². The predicted octanol–water partition coefficient (Wildman–Crippen LogP) is 2.14. The van der Waals surface area contributed by atoms with Crippen LogP contribution in [0.5, 0.6) is 0 Å². The first-order valence-electron chi connectivity index (χ1n) is 4.21. The molecular formula is C10H14BrNO. The number of hydrogen-bond donors (Lipinski definition) is 2. The van der Waals surface area contributed by atoms with Crippen molar-refractivity contribution >= 4 is 15.9 Å². The molecule has 3 heteroatoms. The minimum atomic E-state index is -0.520. The molecular weight excluding hydrogens is 230 g/mol. The Morgan fingerprint density at radius 2 is 2.00 bits per heavy atom. The Morgan fingerprint density at radius 1 is 1.38 bits per heavy atom. The molecule has 0 radical (unpaired) electrons. The quantitative estimate of drug-likeness (QED) is 0.837. The van der Waals surface area contributed by atoms with Crippen LogP contribution in [0, 0.1) is 6.92 Å². The van der Waals surface area contributed by atoms with Crippen molar-refractivity contribution in [3.8, 4) is 0 Å². The van der Waals surface area contributed by atoms with Crippen molar-refractivity contribution in [1.82, 2.24) is 0 Å². The van der Waals surface area contributed by atoms with Gasteiger partial charge in [0, 0.05) is 4.47 Å². The first kappa shape index (κ1) is 10.7. The van der Waals surface area contributed by atoms with E-state index in [0.29, 0.717) is 0 Å². The minimum absolute atomic E-state index is 0.309. The van der Waals surface area contributed by atoms with E-state index >= 15 is 0 Å². The van der Waals surface area contributed by atoms with Crippen molar-refractivity contribution in [2.24, 2.45) is 5.73 Å². The van der Waals surface area contributed by atoms with E-state index in [4.69, 9.17) is 5.73 Å². The molecule has 1 aromatic rings. The number of aliphatic hydroxyl groups is 1. The Kier molecular flexibility index (Phi) is 3.47. The smallest absolute Gasteiger partial charge is 0.0704 e. The maximum atomic E-state index is 9.32. The van der Waals surface area contributed by atoms with E-state index in [-0.39, 0.29) is 6.04 Å². The Labute approximate surface area is 86.9 Å². The largest absolute Gasteiger partial charge is 0.391 e. The van der Waals surface area contributed by atoms with E-state index in [1.807, 2.05) is 25.1 Å². The highest BCUT2D eigenvalue weighted by Gasteiger charge is 2.12. The van der Waals surface area contributed by atoms with Crippen LogP contribution in [-0.4, -0.2) is 11.2 Å². The third-order valence-electron chi connectivity index (χ3n) is 1.97. The SMILES string of the molecule is Cc1cc(Br)cc([C@@H](N)[C@H](C)O)c1. The zero-order chi connectivity index (χ0) is 10.0. The van der Waals surface area contributed by atoms with E-state index < -0.39 is 6.10 Å². The molecule has 0 saturated carbocycles. The molecule has 0 amide bonds. The average molecular weight is 244 g/mol. The molecule has 0 aromatic heterocycles. The molecule has 0 bridgehead atoms. The van der Waals surface area contributed by atoms with Crippen LogP contribution in [-0.2, 0) is 0 Å². The van der Waals surface area contributed by atoms with Gasteiger partial charge in [0.1, 0.15) is 0 Å². The number of nitrogens with two attached hydrogens (primary N) is 1. The number of aliphatic hydroxyl groups excluding tert-OH is 1. The number of rotatable bonds is 2. The molecule has 72 valence electrons. The fraction of sp³-hybridized carbons (Fsp3) is 0.400. The Morgan fingerprint density at radius 3 is 2.46 bits per heavy atom. The molecule has 2 nitrogen and oxygen atoms in total. The fourth-order valence-corrected chi connectivity index (χ4v) is 1.86. The van der Waals surface area contributed by atoms with Crippen molar-refractivity contribution in [2.45, 2.75) is 26.0 Å². The second-order valence-electron chi connectivity index (χ2n) is 3.33. The Hall–Kier alpha value is -0.380. The standard InChI is InChI=1S/C10H14BrNO/c1-6-3-8(5-9(11)4-6)10(12)7(2)13/h3-5,7,10,13H,12H2,1-2H3/t7-,10-/m0/s1. The van der Waals surface area contributed by atoms with Crippen molar-refractivity contribution < 1.29 is 5.11 Å². The van der Waals surface area contributed by atoms with Crippen molar-refractivity contribution in [3.05, 3.63) is 33.8 Å². The lowest BCUT2D eigenvalue weighted by molar-refractivity contribution is 0.164. The van der Waals surface area contributed by atoms with Crippen LogP contribution in [0.3, 0.4) is 0 Å². The van der Waals surface area contributed by atoms with Gasteiger partial charge in [-0.25, -0.2) is 0 Å². The number of aryl methyl sites for hydroxylation is 1. The third-order valence-corrected chi connectivity index (χ3v) is 2.43. The fourth-order valence-electron chi connectivity index (χ4n) is 1.24. The number of hydrogen-bond acceptors (Lipinski definition) is 2. The van der Waals surface area contributed by atoms with Crippen LogP contribution in [0.2, 0.25) is 0 Å². The second kappa shape index (κ2) is 4.22. The van der Waals surface area contributed by atoms with Crippen LogP contribution < -0.4 is 5.73 Å². The summed E-state index contributed by atoms with van der Waals surface area (Å²) in [5.41, 5.74) is 7.90. The van der Waals surface area contributed by atoms with Crippen molar-refractivity contribution in [1.29, 1.82) is 0 Å². The lowest BCUT2D eigenvalue weighted by atomic mass is 10.0. The van der Waals surface area contributed by atoms with Gasteiger partial charge in [-0.1, -0.05) is 22.0 Å². The van der Waals surface area contributed by atoms with Crippen LogP contribution in [0.25, 0.3) is 0 Å². The van der Waals surface area contributed by atoms with Gasteiger partial charge in [0.2, 0.25) is 0 Å². The molecule has 0 heterocycles. The summed E-state index contributed by atoms with van der Waals surface area (Å²) in [5.74, 6) is 0. The summed E-state index contributed by atoms with van der Waals surface area (Å²) in [6, 6.07) is 5.63. The molecule has 0 aliphatic carbocycles. The second-order valence-corrected chi connectivity index (χ2v) is 4.24. The Balaban J connectivity index is 3.01. The monoisotopic (exact) mass is 243 g/mol. The van der Waals surface area contributed by atoms with Gasteiger partial charge < -0.3 is 10.8 Å². The lowest BCUT2D eigenvalue weighted by Crippen LogP contribution is -2.23. The highest BCUT2D eigenvalue weighted by Crippen LogP contribution is 2.21. The average Bonchev–Trinajstić information content (AvgIpc) is 2.01. The molecule has 0 unspecified atom stereocenters. The third kappa shape index (κ3) is 2.79. The van der Waals surface area contributed by atoms with Crippen LogP contribution >= 0.6 is 15.9 Å². The summed E-state index contributed by atoms with van der Waals surface area (Å²) in [7, 11) is 0. The normalized spacial score (nSPS) is 15.5. The lowest BCUT2D eigenvalue weighted by Gasteiger charge is -2.15. The number of halogens is 1. The number of benzene rings is 1. The molecule has 0 fully saturated rings. The van der Waals surface area contributed by atoms with Crippen molar-refractivity contribution in [2.75, 3.05) is 0 Å². The van der Waals surface area contributed by atoms with Gasteiger partial charge in [0.25, 0.3) is 0 Å². The van der Waals surface area contributed by atoms with E-state index in [2.05, 4.69) is 15.9 Å². The van der Waals surface area contributed by atoms with E-state index in [1.54, 1.807) is 6.92 Å². The van der Waals surface area contributed by atoms with Crippen LogP contribution in [0.4, 0.5) is 0 Å². The van der Waals surface area contributed by atoms with E-state index in [1.165, 1.54) is 0 Å². The molecule has 0 saturated heterocycles. The summed E-state index contributed by atoms with van der Waals surface area (Å²) >= 11 is 3.39. The molecule has 2 atom stereocenters. The highest BCUT2D eigenvalue weighted by molar-refractivity contribution is 9.10. The van der Waals surface area contributed by atoms with Gasteiger partial charge in [0.15, 0.2) is 0 Å². The van der Waals surface area contributed by atoms with E-state index in [0.717, 1.165) is 15.6 Å². The first-order valence-corrected chi connectivity index (χ1v) is 5.00. The summed E-state index contributed by atoms with van der Waals surface area (Å²) in [6.07, 6.45) is -0.520. The van der Waals surface area contributed by atoms with Gasteiger partial charge in [-0.2, -0.15) is 0 Å². The molecule has 1 aromatic carbocycles. The summed E-state index contributed by atoms with van der Waals surface area (Å²) < 4.78 is 0.999. The van der Waals surface area contributed by atoms with Gasteiger partial charge in [-0.3, -0.25) is 0 Å². The highest BCUT2D eigenvalue weighted by atomic mass is 79.9. The molecule has 1 rings (SSSR count).